The molecule has 38 heavy (non-hydrogen) atoms. The first-order valence-electron chi connectivity index (χ1n) is 12.8. The fourth-order valence-electron chi connectivity index (χ4n) is 4.12. The van der Waals surface area contributed by atoms with E-state index in [0.717, 1.165) is 5.56 Å². The Morgan fingerprint density at radius 1 is 1.05 bits per heavy atom. The van der Waals surface area contributed by atoms with Crippen molar-refractivity contribution >= 4 is 35.2 Å². The average molecular weight is 546 g/mol. The number of aryl methyl sites for hydroxylation is 1. The number of ether oxygens (including phenoxy) is 1. The zero-order chi connectivity index (χ0) is 28.8. The second kappa shape index (κ2) is 13.0. The van der Waals surface area contributed by atoms with E-state index < -0.39 is 41.6 Å². The van der Waals surface area contributed by atoms with Gasteiger partial charge in [-0.05, 0) is 83.2 Å². The van der Waals surface area contributed by atoms with E-state index in [0.29, 0.717) is 22.7 Å². The van der Waals surface area contributed by atoms with Gasteiger partial charge in [0.1, 0.15) is 23.4 Å². The molecule has 2 aromatic carbocycles. The minimum Gasteiger partial charge on any atom is -0.508 e. The smallest absolute Gasteiger partial charge is 0.408 e. The van der Waals surface area contributed by atoms with E-state index in [2.05, 4.69) is 10.6 Å². The van der Waals surface area contributed by atoms with Gasteiger partial charge in [0.25, 0.3) is 5.91 Å². The normalized spacial score (nSPS) is 13.1. The number of halogens is 1. The van der Waals surface area contributed by atoms with E-state index >= 15 is 0 Å². The van der Waals surface area contributed by atoms with Crippen LogP contribution in [0.15, 0.2) is 42.5 Å². The van der Waals surface area contributed by atoms with Crippen LogP contribution in [-0.2, 0) is 14.3 Å². The summed E-state index contributed by atoms with van der Waals surface area (Å²) >= 11 is 6.38. The van der Waals surface area contributed by atoms with Crippen molar-refractivity contribution in [3.8, 4) is 5.75 Å². The zero-order valence-electron chi connectivity index (χ0n) is 23.5. The maximum absolute atomic E-state index is 14.1. The highest BCUT2D eigenvalue weighted by Crippen LogP contribution is 2.31. The van der Waals surface area contributed by atoms with Crippen LogP contribution < -0.4 is 10.6 Å². The number of hydrogen-bond acceptors (Lipinski definition) is 5. The van der Waals surface area contributed by atoms with Gasteiger partial charge in [-0.15, -0.1) is 0 Å². The van der Waals surface area contributed by atoms with Gasteiger partial charge in [-0.3, -0.25) is 9.59 Å². The van der Waals surface area contributed by atoms with Crippen LogP contribution in [0, 0.1) is 12.8 Å². The van der Waals surface area contributed by atoms with Crippen LogP contribution in [0.25, 0.3) is 0 Å². The van der Waals surface area contributed by atoms with Crippen molar-refractivity contribution in [3.63, 3.8) is 0 Å². The van der Waals surface area contributed by atoms with Crippen LogP contribution in [-0.4, -0.2) is 45.6 Å². The molecule has 0 heterocycles. The molecule has 0 aliphatic rings. The molecule has 0 aliphatic heterocycles. The van der Waals surface area contributed by atoms with Gasteiger partial charge in [0.05, 0.1) is 10.7 Å². The van der Waals surface area contributed by atoms with Crippen molar-refractivity contribution in [3.05, 3.63) is 58.6 Å². The van der Waals surface area contributed by atoms with Crippen LogP contribution in [0.2, 0.25) is 5.02 Å². The Bertz CT molecular complexity index is 1120. The Kier molecular flexibility index (Phi) is 10.6. The summed E-state index contributed by atoms with van der Waals surface area (Å²) in [6.45, 7) is 14.5. The van der Waals surface area contributed by atoms with Gasteiger partial charge >= 0.3 is 6.09 Å². The molecule has 3 amide bonds. The van der Waals surface area contributed by atoms with Crippen molar-refractivity contribution in [2.75, 3.05) is 5.32 Å². The molecule has 2 rings (SSSR count). The van der Waals surface area contributed by atoms with Gasteiger partial charge in [0.2, 0.25) is 5.91 Å². The number of phenolic OH excluding ortho intramolecular Hbond substituents is 1. The van der Waals surface area contributed by atoms with Crippen molar-refractivity contribution in [2.24, 2.45) is 5.92 Å². The molecule has 8 nitrogen and oxygen atoms in total. The third kappa shape index (κ3) is 8.65. The Balaban J connectivity index is 2.56. The highest BCUT2D eigenvalue weighted by molar-refractivity contribution is 6.34. The molecule has 2 atom stereocenters. The predicted molar refractivity (Wildman–Crippen MR) is 150 cm³/mol. The minimum atomic E-state index is -1.12. The van der Waals surface area contributed by atoms with E-state index in [-0.39, 0.29) is 11.7 Å². The SMILES string of the molecule is Cc1cccc(Cl)c1NC(=O)C(c1cccc(O)c1)N(C(=O)C(CC(C)C)NC(=O)OC(C)(C)C)C(C)C. The summed E-state index contributed by atoms with van der Waals surface area (Å²) < 4.78 is 5.41. The average Bonchev–Trinajstić information content (AvgIpc) is 2.77. The lowest BCUT2D eigenvalue weighted by Gasteiger charge is -2.37. The van der Waals surface area contributed by atoms with Crippen LogP contribution in [0.1, 0.15) is 72.1 Å². The number of benzene rings is 2. The number of nitrogens with one attached hydrogen (secondary N) is 2. The van der Waals surface area contributed by atoms with Gasteiger partial charge in [0, 0.05) is 6.04 Å². The van der Waals surface area contributed by atoms with Crippen molar-refractivity contribution in [2.45, 2.75) is 85.5 Å². The van der Waals surface area contributed by atoms with E-state index in [1.165, 1.54) is 17.0 Å². The molecule has 0 radical (unpaired) electrons. The van der Waals surface area contributed by atoms with Crippen LogP contribution in [0.4, 0.5) is 10.5 Å². The minimum absolute atomic E-state index is 0.0454. The number of hydrogen-bond donors (Lipinski definition) is 3. The molecular weight excluding hydrogens is 506 g/mol. The van der Waals surface area contributed by atoms with E-state index in [4.69, 9.17) is 16.3 Å². The highest BCUT2D eigenvalue weighted by atomic mass is 35.5. The third-order valence-electron chi connectivity index (χ3n) is 5.69. The number of alkyl carbamates (subject to hydrolysis) is 1. The zero-order valence-corrected chi connectivity index (χ0v) is 24.2. The molecular formula is C29H40ClN3O5. The summed E-state index contributed by atoms with van der Waals surface area (Å²) in [5, 5.41) is 16.2. The maximum atomic E-state index is 14.1. The summed E-state index contributed by atoms with van der Waals surface area (Å²) in [5.74, 6) is -0.934. The lowest BCUT2D eigenvalue weighted by atomic mass is 9.97. The summed E-state index contributed by atoms with van der Waals surface area (Å²) in [6, 6.07) is 8.98. The fourth-order valence-corrected chi connectivity index (χ4v) is 4.39. The maximum Gasteiger partial charge on any atom is 0.408 e. The molecule has 0 saturated heterocycles. The Hall–Kier alpha value is -3.26. The number of para-hydroxylation sites is 1. The molecule has 0 bridgehead atoms. The Labute approximate surface area is 230 Å². The topological polar surface area (TPSA) is 108 Å². The number of nitrogens with zero attached hydrogens (tertiary/aromatic N) is 1. The van der Waals surface area contributed by atoms with Gasteiger partial charge < -0.3 is 25.4 Å². The van der Waals surface area contributed by atoms with Gasteiger partial charge in [0.15, 0.2) is 0 Å². The Morgan fingerprint density at radius 2 is 1.68 bits per heavy atom. The molecule has 2 unspecified atom stereocenters. The molecule has 3 N–H and O–H groups in total. The molecule has 9 heteroatoms. The monoisotopic (exact) mass is 545 g/mol. The first-order chi connectivity index (χ1) is 17.6. The van der Waals surface area contributed by atoms with Gasteiger partial charge in [-0.1, -0.05) is 49.7 Å². The van der Waals surface area contributed by atoms with Crippen molar-refractivity contribution in [1.29, 1.82) is 0 Å². The van der Waals surface area contributed by atoms with Crippen LogP contribution in [0.3, 0.4) is 0 Å². The lowest BCUT2D eigenvalue weighted by Crippen LogP contribution is -2.54. The number of anilines is 1. The molecule has 0 aromatic heterocycles. The van der Waals surface area contributed by atoms with E-state index in [1.54, 1.807) is 58.9 Å². The number of carbonyl (C=O) groups excluding carboxylic acids is 3. The number of carbonyl (C=O) groups is 3. The standard InChI is InChI=1S/C29H40ClN3O5/c1-17(2)15-23(31-28(37)38-29(6,7)8)27(36)33(18(3)4)25(20-12-10-13-21(34)16-20)26(35)32-24-19(5)11-9-14-22(24)30/h9-14,16-18,23,25,34H,15H2,1-8H3,(H,31,37)(H,32,35). The molecule has 208 valence electrons. The second-order valence-electron chi connectivity index (χ2n) is 11.1. The first kappa shape index (κ1) is 31.0. The molecule has 0 fully saturated rings. The number of aromatic hydroxyl groups is 1. The fraction of sp³-hybridized carbons (Fsp3) is 0.483. The van der Waals surface area contributed by atoms with Gasteiger partial charge in [-0.2, -0.15) is 0 Å². The molecule has 0 spiro atoms. The quantitative estimate of drug-likeness (QED) is 0.347. The molecule has 2 aromatic rings. The second-order valence-corrected chi connectivity index (χ2v) is 11.5. The third-order valence-corrected chi connectivity index (χ3v) is 6.00. The highest BCUT2D eigenvalue weighted by Gasteiger charge is 2.38. The van der Waals surface area contributed by atoms with Crippen LogP contribution >= 0.6 is 11.6 Å². The summed E-state index contributed by atoms with van der Waals surface area (Å²) in [4.78, 5) is 42.1. The van der Waals surface area contributed by atoms with E-state index in [1.807, 2.05) is 26.8 Å². The summed E-state index contributed by atoms with van der Waals surface area (Å²) in [5.41, 5.74) is 0.859. The Morgan fingerprint density at radius 3 is 2.21 bits per heavy atom. The van der Waals surface area contributed by atoms with Crippen LogP contribution in [0.5, 0.6) is 5.75 Å². The predicted octanol–water partition coefficient (Wildman–Crippen LogP) is 6.21. The number of phenols is 1. The summed E-state index contributed by atoms with van der Waals surface area (Å²) in [6.07, 6.45) is -0.385. The summed E-state index contributed by atoms with van der Waals surface area (Å²) in [7, 11) is 0. The number of rotatable bonds is 9. The first-order valence-corrected chi connectivity index (χ1v) is 13.1. The van der Waals surface area contributed by atoms with E-state index in [9.17, 15) is 19.5 Å². The largest absolute Gasteiger partial charge is 0.508 e. The molecule has 0 aliphatic carbocycles. The lowest BCUT2D eigenvalue weighted by molar-refractivity contribution is -0.143. The van der Waals surface area contributed by atoms with Crippen molar-refractivity contribution < 1.29 is 24.2 Å². The van der Waals surface area contributed by atoms with Gasteiger partial charge in [-0.25, -0.2) is 4.79 Å². The number of amides is 3. The van der Waals surface area contributed by atoms with Crippen molar-refractivity contribution in [1.82, 2.24) is 10.2 Å². The molecule has 0 saturated carbocycles.